The van der Waals surface area contributed by atoms with E-state index in [-0.39, 0.29) is 5.91 Å². The molecular weight excluding hydrogens is 376 g/mol. The van der Waals surface area contributed by atoms with Crippen LogP contribution in [0.2, 0.25) is 0 Å². The summed E-state index contributed by atoms with van der Waals surface area (Å²) in [7, 11) is 0. The second-order valence-electron chi connectivity index (χ2n) is 7.89. The summed E-state index contributed by atoms with van der Waals surface area (Å²) in [5.41, 5.74) is 2.48. The van der Waals surface area contributed by atoms with Crippen LogP contribution in [0.4, 0.5) is 5.69 Å². The number of carbonyl (C=O) groups is 1. The maximum Gasteiger partial charge on any atom is 0.289 e. The van der Waals surface area contributed by atoms with E-state index in [0.29, 0.717) is 37.1 Å². The van der Waals surface area contributed by atoms with Crippen LogP contribution >= 0.6 is 0 Å². The topological polar surface area (TPSA) is 45.9 Å². The number of rotatable bonds is 6. The largest absolute Gasteiger partial charge is 0.486 e. The molecule has 4 rings (SSSR count). The van der Waals surface area contributed by atoms with Crippen LogP contribution in [0.15, 0.2) is 71.1 Å². The Morgan fingerprint density at radius 3 is 2.30 bits per heavy atom. The molecule has 0 aliphatic carbocycles. The molecule has 0 spiro atoms. The van der Waals surface area contributed by atoms with Crippen molar-refractivity contribution in [2.75, 3.05) is 31.1 Å². The van der Waals surface area contributed by atoms with Gasteiger partial charge in [-0.25, -0.2) is 0 Å². The molecule has 1 fully saturated rings. The summed E-state index contributed by atoms with van der Waals surface area (Å²) in [6.45, 7) is 7.64. The summed E-state index contributed by atoms with van der Waals surface area (Å²) in [6, 6.07) is 21.9. The van der Waals surface area contributed by atoms with Crippen molar-refractivity contribution >= 4 is 11.6 Å². The number of carbonyl (C=O) groups excluding carboxylic acids is 1. The van der Waals surface area contributed by atoms with Gasteiger partial charge in [-0.3, -0.25) is 4.79 Å². The van der Waals surface area contributed by atoms with E-state index in [1.807, 2.05) is 41.3 Å². The lowest BCUT2D eigenvalue weighted by atomic mass is 10.0. The summed E-state index contributed by atoms with van der Waals surface area (Å²) in [5, 5.41) is 0. The van der Waals surface area contributed by atoms with Crippen molar-refractivity contribution in [2.45, 2.75) is 26.4 Å². The average Bonchev–Trinajstić information content (AvgIpc) is 3.27. The van der Waals surface area contributed by atoms with Crippen molar-refractivity contribution in [3.05, 3.63) is 83.8 Å². The molecule has 0 atom stereocenters. The normalized spacial score (nSPS) is 14.2. The summed E-state index contributed by atoms with van der Waals surface area (Å²) in [4.78, 5) is 17.0. The van der Waals surface area contributed by atoms with Crippen LogP contribution in [0.25, 0.3) is 0 Å². The van der Waals surface area contributed by atoms with Gasteiger partial charge in [0.15, 0.2) is 5.76 Å². The highest BCUT2D eigenvalue weighted by Crippen LogP contribution is 2.21. The zero-order valence-electron chi connectivity index (χ0n) is 17.6. The number of benzene rings is 2. The van der Waals surface area contributed by atoms with Crippen LogP contribution in [0.3, 0.4) is 0 Å². The van der Waals surface area contributed by atoms with Crippen molar-refractivity contribution in [1.29, 1.82) is 0 Å². The van der Waals surface area contributed by atoms with Gasteiger partial charge >= 0.3 is 0 Å². The van der Waals surface area contributed by atoms with Gasteiger partial charge in [0.25, 0.3) is 5.91 Å². The molecule has 2 aromatic carbocycles. The summed E-state index contributed by atoms with van der Waals surface area (Å²) in [6.07, 6.45) is 0. The number of hydrogen-bond acceptors (Lipinski definition) is 4. The van der Waals surface area contributed by atoms with Crippen molar-refractivity contribution < 1.29 is 13.9 Å². The summed E-state index contributed by atoms with van der Waals surface area (Å²) in [5.74, 6) is 2.24. The lowest BCUT2D eigenvalue weighted by molar-refractivity contribution is 0.0710. The molecule has 0 N–H and O–H groups in total. The van der Waals surface area contributed by atoms with E-state index < -0.39 is 0 Å². The quantitative estimate of drug-likeness (QED) is 0.584. The van der Waals surface area contributed by atoms with E-state index in [4.69, 9.17) is 9.15 Å². The van der Waals surface area contributed by atoms with Gasteiger partial charge in [0.05, 0.1) is 0 Å². The molecule has 1 aromatic heterocycles. The Labute approximate surface area is 177 Å². The van der Waals surface area contributed by atoms with Gasteiger partial charge in [-0.1, -0.05) is 44.2 Å². The lowest BCUT2D eigenvalue weighted by Gasteiger charge is -2.35. The summed E-state index contributed by atoms with van der Waals surface area (Å²) >= 11 is 0. The number of anilines is 1. The first-order chi connectivity index (χ1) is 14.6. The number of para-hydroxylation sites is 1. The van der Waals surface area contributed by atoms with Crippen LogP contribution < -0.4 is 9.64 Å². The molecule has 0 saturated carbocycles. The monoisotopic (exact) mass is 404 g/mol. The highest BCUT2D eigenvalue weighted by molar-refractivity contribution is 5.91. The van der Waals surface area contributed by atoms with Crippen molar-refractivity contribution in [1.82, 2.24) is 4.90 Å². The maximum atomic E-state index is 12.8. The third-order valence-electron chi connectivity index (χ3n) is 5.49. The van der Waals surface area contributed by atoms with Crippen molar-refractivity contribution in [3.63, 3.8) is 0 Å². The molecule has 0 radical (unpaired) electrons. The van der Waals surface area contributed by atoms with Crippen LogP contribution in [0.5, 0.6) is 5.75 Å². The number of amides is 1. The fourth-order valence-electron chi connectivity index (χ4n) is 3.64. The molecule has 1 amide bonds. The van der Waals surface area contributed by atoms with Gasteiger partial charge in [0, 0.05) is 31.9 Å². The van der Waals surface area contributed by atoms with Crippen LogP contribution in [-0.4, -0.2) is 37.0 Å². The van der Waals surface area contributed by atoms with E-state index in [1.54, 1.807) is 6.07 Å². The minimum Gasteiger partial charge on any atom is -0.486 e. The van der Waals surface area contributed by atoms with Gasteiger partial charge < -0.3 is 19.0 Å². The minimum atomic E-state index is -0.0600. The average molecular weight is 405 g/mol. The second kappa shape index (κ2) is 9.08. The Bertz CT molecular complexity index is 956. The fraction of sp³-hybridized carbons (Fsp3) is 0.320. The Hall–Kier alpha value is -3.21. The highest BCUT2D eigenvalue weighted by atomic mass is 16.5. The number of furan rings is 1. The van der Waals surface area contributed by atoms with Gasteiger partial charge in [-0.15, -0.1) is 0 Å². The Balaban J connectivity index is 1.30. The van der Waals surface area contributed by atoms with Crippen molar-refractivity contribution in [2.24, 2.45) is 0 Å². The molecule has 30 heavy (non-hydrogen) atoms. The van der Waals surface area contributed by atoms with E-state index in [1.165, 1.54) is 11.3 Å². The molecule has 1 aliphatic heterocycles. The highest BCUT2D eigenvalue weighted by Gasteiger charge is 2.24. The predicted molar refractivity (Wildman–Crippen MR) is 118 cm³/mol. The maximum absolute atomic E-state index is 12.8. The molecule has 156 valence electrons. The van der Waals surface area contributed by atoms with Gasteiger partial charge in [0.1, 0.15) is 18.1 Å². The smallest absolute Gasteiger partial charge is 0.289 e. The molecule has 1 saturated heterocycles. The number of nitrogens with zero attached hydrogens (tertiary/aromatic N) is 2. The summed E-state index contributed by atoms with van der Waals surface area (Å²) < 4.78 is 11.6. The zero-order valence-corrected chi connectivity index (χ0v) is 17.6. The van der Waals surface area contributed by atoms with Crippen LogP contribution in [-0.2, 0) is 6.61 Å². The first-order valence-electron chi connectivity index (χ1n) is 10.5. The Kier molecular flexibility index (Phi) is 6.07. The van der Waals surface area contributed by atoms with E-state index in [0.717, 1.165) is 18.8 Å². The van der Waals surface area contributed by atoms with Gasteiger partial charge in [-0.2, -0.15) is 0 Å². The number of piperazine rings is 1. The zero-order chi connectivity index (χ0) is 20.9. The molecule has 1 aliphatic rings. The SMILES string of the molecule is CC(C)c1ccc(OCc2ccc(C(=O)N3CCN(c4ccccc4)CC3)o2)cc1. The second-order valence-corrected chi connectivity index (χ2v) is 7.89. The number of ether oxygens (including phenoxy) is 1. The van der Waals surface area contributed by atoms with Crippen molar-refractivity contribution in [3.8, 4) is 5.75 Å². The first kappa shape index (κ1) is 20.1. The van der Waals surface area contributed by atoms with Gasteiger partial charge in [-0.05, 0) is 47.9 Å². The Morgan fingerprint density at radius 1 is 0.933 bits per heavy atom. The first-order valence-corrected chi connectivity index (χ1v) is 10.5. The Morgan fingerprint density at radius 2 is 1.63 bits per heavy atom. The minimum absolute atomic E-state index is 0.0600. The molecule has 5 heteroatoms. The van der Waals surface area contributed by atoms with Gasteiger partial charge in [0.2, 0.25) is 0 Å². The molecule has 0 bridgehead atoms. The fourth-order valence-corrected chi connectivity index (χ4v) is 3.64. The lowest BCUT2D eigenvalue weighted by Crippen LogP contribution is -2.48. The molecule has 2 heterocycles. The van der Waals surface area contributed by atoms with E-state index in [2.05, 4.69) is 43.0 Å². The molecular formula is C25H28N2O3. The van der Waals surface area contributed by atoms with Crippen LogP contribution in [0, 0.1) is 0 Å². The molecule has 5 nitrogen and oxygen atoms in total. The molecule has 3 aromatic rings. The third kappa shape index (κ3) is 4.67. The van der Waals surface area contributed by atoms with Crippen LogP contribution in [0.1, 0.15) is 41.6 Å². The predicted octanol–water partition coefficient (Wildman–Crippen LogP) is 4.94. The standard InChI is InChI=1S/C25H28N2O3/c1-19(2)20-8-10-22(11-9-20)29-18-23-12-13-24(30-23)25(28)27-16-14-26(15-17-27)21-6-4-3-5-7-21/h3-13,19H,14-18H2,1-2H3. The van der Waals surface area contributed by atoms with E-state index in [9.17, 15) is 4.79 Å². The number of hydrogen-bond donors (Lipinski definition) is 0. The third-order valence-corrected chi connectivity index (χ3v) is 5.49. The molecule has 0 unspecified atom stereocenters. The van der Waals surface area contributed by atoms with E-state index >= 15 is 0 Å².